The summed E-state index contributed by atoms with van der Waals surface area (Å²) in [6, 6.07) is 10.6. The molecule has 0 saturated carbocycles. The van der Waals surface area contributed by atoms with Crippen LogP contribution in [0.1, 0.15) is 0 Å². The Morgan fingerprint density at radius 1 is 1.14 bits per heavy atom. The Morgan fingerprint density at radius 3 is 2.74 bits per heavy atom. The van der Waals surface area contributed by atoms with Gasteiger partial charge in [0.05, 0.1) is 10.6 Å². The van der Waals surface area contributed by atoms with E-state index >= 15 is 0 Å². The molecule has 10 nitrogen and oxygen atoms in total. The Bertz CT molecular complexity index is 1640. The van der Waals surface area contributed by atoms with Gasteiger partial charge in [-0.1, -0.05) is 12.1 Å². The summed E-state index contributed by atoms with van der Waals surface area (Å²) in [5.41, 5.74) is 7.00. The minimum absolute atomic E-state index is 0.0514. The van der Waals surface area contributed by atoms with Crippen LogP contribution in [-0.2, 0) is 14.1 Å². The van der Waals surface area contributed by atoms with Crippen molar-refractivity contribution >= 4 is 45.9 Å². The number of pyridine rings is 1. The van der Waals surface area contributed by atoms with E-state index in [4.69, 9.17) is 5.73 Å². The van der Waals surface area contributed by atoms with E-state index in [0.29, 0.717) is 33.7 Å². The number of rotatable bonds is 4. The normalized spacial score (nSPS) is 11.1. The van der Waals surface area contributed by atoms with E-state index in [9.17, 15) is 14.0 Å². The van der Waals surface area contributed by atoms with Crippen molar-refractivity contribution in [1.29, 1.82) is 0 Å². The van der Waals surface area contributed by atoms with Gasteiger partial charge in [-0.25, -0.2) is 14.2 Å². The average Bonchev–Trinajstić information content (AvgIpc) is 3.48. The number of nitrogens with zero attached hydrogens (tertiary/aromatic N) is 5. The van der Waals surface area contributed by atoms with E-state index in [1.807, 2.05) is 17.5 Å². The summed E-state index contributed by atoms with van der Waals surface area (Å²) in [6.07, 6.45) is 1.51. The van der Waals surface area contributed by atoms with E-state index in [1.54, 1.807) is 26.2 Å². The summed E-state index contributed by atoms with van der Waals surface area (Å²) in [7, 11) is 3.26. The number of halogens is 1. The number of fused-ring (bicyclic) bond motifs is 1. The summed E-state index contributed by atoms with van der Waals surface area (Å²) in [6.45, 7) is 0. The van der Waals surface area contributed by atoms with Crippen LogP contribution < -0.4 is 21.9 Å². The standard InChI is InChI=1S/C23H19FN8O2S/c1-31-20-13(11-26-22(25)29-20)8-14(21(31)33)12-5-6-15(24)16(9-12)27-23(34)28-19-10-17(30-32(19)2)18-4-3-7-35-18/h3-11H,1-2H3,(H2,25,26,29)(H2,27,28,34). The summed E-state index contributed by atoms with van der Waals surface area (Å²) in [5.74, 6) is -0.164. The molecule has 0 fully saturated rings. The highest BCUT2D eigenvalue weighted by molar-refractivity contribution is 7.13. The molecular weight excluding hydrogens is 471 g/mol. The van der Waals surface area contributed by atoms with Crippen molar-refractivity contribution in [3.8, 4) is 21.7 Å². The maximum absolute atomic E-state index is 14.6. The zero-order chi connectivity index (χ0) is 24.7. The van der Waals surface area contributed by atoms with Crippen molar-refractivity contribution in [3.05, 3.63) is 70.2 Å². The molecule has 35 heavy (non-hydrogen) atoms. The number of amides is 2. The molecular formula is C23H19FN8O2S. The molecule has 0 aliphatic heterocycles. The van der Waals surface area contributed by atoms with Gasteiger partial charge in [-0.3, -0.25) is 19.4 Å². The monoisotopic (exact) mass is 490 g/mol. The number of hydrogen-bond donors (Lipinski definition) is 3. The predicted molar refractivity (Wildman–Crippen MR) is 134 cm³/mol. The molecule has 0 aliphatic carbocycles. The van der Waals surface area contributed by atoms with Crippen LogP contribution in [0.3, 0.4) is 0 Å². The molecule has 0 bridgehead atoms. The highest BCUT2D eigenvalue weighted by Gasteiger charge is 2.16. The minimum Gasteiger partial charge on any atom is -0.368 e. The van der Waals surface area contributed by atoms with E-state index < -0.39 is 11.8 Å². The van der Waals surface area contributed by atoms with Crippen LogP contribution >= 0.6 is 11.3 Å². The Kier molecular flexibility index (Phi) is 5.49. The first-order valence-corrected chi connectivity index (χ1v) is 11.3. The van der Waals surface area contributed by atoms with Gasteiger partial charge in [0.25, 0.3) is 5.56 Å². The number of nitrogens with one attached hydrogen (secondary N) is 2. The SMILES string of the molecule is Cn1nc(-c2cccs2)cc1NC(=O)Nc1cc(-c2cc3cnc(N)nc3n(C)c2=O)ccc1F. The summed E-state index contributed by atoms with van der Waals surface area (Å²) < 4.78 is 17.4. The number of thiophene rings is 1. The van der Waals surface area contributed by atoms with Crippen molar-refractivity contribution in [2.45, 2.75) is 0 Å². The van der Waals surface area contributed by atoms with Crippen LogP contribution in [0.2, 0.25) is 0 Å². The first-order valence-electron chi connectivity index (χ1n) is 10.4. The molecule has 0 saturated heterocycles. The lowest BCUT2D eigenvalue weighted by Gasteiger charge is -2.12. The molecule has 4 heterocycles. The number of nitrogens with two attached hydrogens (primary N) is 1. The molecule has 0 radical (unpaired) electrons. The zero-order valence-corrected chi connectivity index (χ0v) is 19.4. The number of nitrogen functional groups attached to an aromatic ring is 1. The molecule has 5 rings (SSSR count). The van der Waals surface area contributed by atoms with Crippen LogP contribution in [0.25, 0.3) is 32.7 Å². The quantitative estimate of drug-likeness (QED) is 0.351. The van der Waals surface area contributed by atoms with Crippen LogP contribution in [0.5, 0.6) is 0 Å². The van der Waals surface area contributed by atoms with Crippen molar-refractivity contribution in [3.63, 3.8) is 0 Å². The number of aromatic nitrogens is 5. The average molecular weight is 491 g/mol. The van der Waals surface area contributed by atoms with Crippen LogP contribution in [0.15, 0.2) is 58.8 Å². The summed E-state index contributed by atoms with van der Waals surface area (Å²) in [4.78, 5) is 34.6. The van der Waals surface area contributed by atoms with Gasteiger partial charge in [0, 0.05) is 37.3 Å². The Labute approximate surface area is 201 Å². The van der Waals surface area contributed by atoms with Crippen molar-refractivity contribution < 1.29 is 9.18 Å². The van der Waals surface area contributed by atoms with E-state index in [2.05, 4.69) is 25.7 Å². The number of anilines is 3. The van der Waals surface area contributed by atoms with Gasteiger partial charge in [-0.2, -0.15) is 10.1 Å². The number of carbonyl (C=O) groups excluding carboxylic acids is 1. The second kappa shape index (κ2) is 8.65. The third kappa shape index (κ3) is 4.22. The van der Waals surface area contributed by atoms with Crippen molar-refractivity contribution in [2.24, 2.45) is 14.1 Å². The molecule has 2 amide bonds. The number of benzene rings is 1. The van der Waals surface area contributed by atoms with Gasteiger partial charge in [-0.15, -0.1) is 11.3 Å². The van der Waals surface area contributed by atoms with Crippen LogP contribution in [0, 0.1) is 5.82 Å². The molecule has 1 aromatic carbocycles. The number of aryl methyl sites for hydroxylation is 2. The molecule has 0 aliphatic rings. The molecule has 5 aromatic rings. The molecule has 0 atom stereocenters. The highest BCUT2D eigenvalue weighted by atomic mass is 32.1. The fraction of sp³-hybridized carbons (Fsp3) is 0.0870. The maximum atomic E-state index is 14.6. The smallest absolute Gasteiger partial charge is 0.324 e. The van der Waals surface area contributed by atoms with Crippen molar-refractivity contribution in [2.75, 3.05) is 16.4 Å². The molecule has 4 aromatic heterocycles. The molecule has 176 valence electrons. The summed E-state index contributed by atoms with van der Waals surface area (Å²) in [5, 5.41) is 12.1. The Balaban J connectivity index is 1.43. The predicted octanol–water partition coefficient (Wildman–Crippen LogP) is 3.82. The molecule has 4 N–H and O–H groups in total. The first kappa shape index (κ1) is 22.2. The molecule has 12 heteroatoms. The van der Waals surface area contributed by atoms with E-state index in [0.717, 1.165) is 4.88 Å². The number of carbonyl (C=O) groups is 1. The Morgan fingerprint density at radius 2 is 1.97 bits per heavy atom. The largest absolute Gasteiger partial charge is 0.368 e. The number of hydrogen-bond acceptors (Lipinski definition) is 7. The highest BCUT2D eigenvalue weighted by Crippen LogP contribution is 2.27. The lowest BCUT2D eigenvalue weighted by Crippen LogP contribution is -2.22. The molecule has 0 spiro atoms. The lowest BCUT2D eigenvalue weighted by molar-refractivity contribution is 0.262. The third-order valence-corrected chi connectivity index (χ3v) is 6.28. The topological polar surface area (TPSA) is 133 Å². The van der Waals surface area contributed by atoms with Gasteiger partial charge < -0.3 is 11.1 Å². The van der Waals surface area contributed by atoms with Gasteiger partial charge in [0.1, 0.15) is 23.0 Å². The maximum Gasteiger partial charge on any atom is 0.324 e. The Hall–Kier alpha value is -4.58. The van der Waals surface area contributed by atoms with Crippen LogP contribution in [-0.4, -0.2) is 30.3 Å². The zero-order valence-electron chi connectivity index (χ0n) is 18.6. The second-order valence-electron chi connectivity index (χ2n) is 7.72. The van der Waals surface area contributed by atoms with Gasteiger partial charge in [0.15, 0.2) is 0 Å². The lowest BCUT2D eigenvalue weighted by atomic mass is 10.1. The fourth-order valence-electron chi connectivity index (χ4n) is 3.65. The van der Waals surface area contributed by atoms with E-state index in [-0.39, 0.29) is 17.2 Å². The first-order chi connectivity index (χ1) is 16.8. The number of urea groups is 1. The molecule has 0 unspecified atom stereocenters. The summed E-state index contributed by atoms with van der Waals surface area (Å²) >= 11 is 1.53. The van der Waals surface area contributed by atoms with Crippen LogP contribution in [0.4, 0.5) is 26.6 Å². The third-order valence-electron chi connectivity index (χ3n) is 5.39. The minimum atomic E-state index is -0.655. The van der Waals surface area contributed by atoms with Crippen molar-refractivity contribution in [1.82, 2.24) is 24.3 Å². The van der Waals surface area contributed by atoms with Gasteiger partial charge >= 0.3 is 6.03 Å². The van der Waals surface area contributed by atoms with Gasteiger partial charge in [-0.05, 0) is 35.2 Å². The second-order valence-corrected chi connectivity index (χ2v) is 8.67. The fourth-order valence-corrected chi connectivity index (χ4v) is 4.34. The van der Waals surface area contributed by atoms with Gasteiger partial charge in [0.2, 0.25) is 5.95 Å². The van der Waals surface area contributed by atoms with E-state index in [1.165, 1.54) is 45.0 Å².